The molecule has 0 aliphatic heterocycles. The third-order valence-electron chi connectivity index (χ3n) is 2.91. The molecule has 2 rings (SSSR count). The molecule has 2 aromatic rings. The fraction of sp³-hybridized carbons (Fsp3) is 0.333. The van der Waals surface area contributed by atoms with Gasteiger partial charge in [0.1, 0.15) is 12.4 Å². The van der Waals surface area contributed by atoms with Gasteiger partial charge in [-0.1, -0.05) is 19.1 Å². The number of carbonyl (C=O) groups is 1. The van der Waals surface area contributed by atoms with E-state index in [0.29, 0.717) is 24.3 Å². The molecule has 1 aromatic carbocycles. The molecular weight excluding hydrogens is 240 g/mol. The number of nitrogens with zero attached hydrogens (tertiary/aromatic N) is 2. The van der Waals surface area contributed by atoms with Crippen molar-refractivity contribution in [1.29, 1.82) is 0 Å². The number of rotatable bonds is 6. The van der Waals surface area contributed by atoms with Crippen molar-refractivity contribution in [1.82, 2.24) is 9.78 Å². The van der Waals surface area contributed by atoms with Crippen LogP contribution in [0.25, 0.3) is 0 Å². The number of Topliss-reactive ketones (excluding diaryl/α,β-unsaturated/α-hetero) is 1. The Morgan fingerprint density at radius 1 is 1.32 bits per heavy atom. The lowest BCUT2D eigenvalue weighted by Gasteiger charge is -2.09. The third-order valence-corrected chi connectivity index (χ3v) is 2.91. The average Bonchev–Trinajstić information content (AvgIpc) is 2.92. The Bertz CT molecular complexity index is 561. The highest BCUT2D eigenvalue weighted by Gasteiger charge is 2.10. The summed E-state index contributed by atoms with van der Waals surface area (Å²) in [6.45, 7) is 5.15. The summed E-state index contributed by atoms with van der Waals surface area (Å²) in [5.41, 5.74) is 1.65. The van der Waals surface area contributed by atoms with Crippen LogP contribution >= 0.6 is 0 Å². The van der Waals surface area contributed by atoms with Crippen LogP contribution in [0.15, 0.2) is 36.7 Å². The number of ketones is 1. The Balaban J connectivity index is 2.08. The van der Waals surface area contributed by atoms with Gasteiger partial charge in [0.15, 0.2) is 5.78 Å². The van der Waals surface area contributed by atoms with Crippen molar-refractivity contribution >= 4 is 5.78 Å². The van der Waals surface area contributed by atoms with E-state index in [9.17, 15) is 4.79 Å². The number of hydrogen-bond acceptors (Lipinski definition) is 3. The summed E-state index contributed by atoms with van der Waals surface area (Å²) < 4.78 is 7.58. The average molecular weight is 258 g/mol. The summed E-state index contributed by atoms with van der Waals surface area (Å²) >= 11 is 0. The number of benzene rings is 1. The van der Waals surface area contributed by atoms with Gasteiger partial charge in [-0.3, -0.25) is 9.48 Å². The summed E-state index contributed by atoms with van der Waals surface area (Å²) in [5.74, 6) is 0.735. The fourth-order valence-electron chi connectivity index (χ4n) is 1.83. The van der Waals surface area contributed by atoms with Crippen LogP contribution in [0.4, 0.5) is 0 Å². The number of para-hydroxylation sites is 1. The Morgan fingerprint density at radius 3 is 2.79 bits per heavy atom. The number of aromatic nitrogens is 2. The molecule has 0 saturated heterocycles. The van der Waals surface area contributed by atoms with E-state index in [0.717, 1.165) is 12.1 Å². The van der Waals surface area contributed by atoms with E-state index in [1.54, 1.807) is 12.3 Å². The molecule has 100 valence electrons. The van der Waals surface area contributed by atoms with Gasteiger partial charge in [-0.05, 0) is 19.1 Å². The highest BCUT2D eigenvalue weighted by atomic mass is 16.5. The van der Waals surface area contributed by atoms with Crippen molar-refractivity contribution in [3.8, 4) is 5.75 Å². The van der Waals surface area contributed by atoms with Crippen molar-refractivity contribution in [3.05, 3.63) is 47.8 Å². The van der Waals surface area contributed by atoms with Gasteiger partial charge in [-0.15, -0.1) is 0 Å². The molecule has 0 bridgehead atoms. The first-order valence-corrected chi connectivity index (χ1v) is 6.51. The minimum absolute atomic E-state index is 0.0971. The van der Waals surface area contributed by atoms with Gasteiger partial charge in [0.05, 0.1) is 11.8 Å². The predicted molar refractivity (Wildman–Crippen MR) is 73.3 cm³/mol. The molecule has 4 heteroatoms. The number of carbonyl (C=O) groups excluding carboxylic acids is 1. The smallest absolute Gasteiger partial charge is 0.166 e. The van der Waals surface area contributed by atoms with Crippen LogP contribution in [-0.4, -0.2) is 15.6 Å². The van der Waals surface area contributed by atoms with E-state index >= 15 is 0 Å². The van der Waals surface area contributed by atoms with Gasteiger partial charge < -0.3 is 4.74 Å². The molecule has 1 aromatic heterocycles. The second-order valence-corrected chi connectivity index (χ2v) is 4.27. The largest absolute Gasteiger partial charge is 0.488 e. The van der Waals surface area contributed by atoms with E-state index in [1.807, 2.05) is 42.9 Å². The van der Waals surface area contributed by atoms with Crippen molar-refractivity contribution in [2.24, 2.45) is 0 Å². The van der Waals surface area contributed by atoms with E-state index < -0.39 is 0 Å². The Labute approximate surface area is 113 Å². The summed E-state index contributed by atoms with van der Waals surface area (Å²) in [5, 5.41) is 4.19. The number of ether oxygens (including phenoxy) is 1. The first-order chi connectivity index (χ1) is 9.24. The van der Waals surface area contributed by atoms with Crippen LogP contribution < -0.4 is 4.74 Å². The standard InChI is InChI=1S/C15H18N2O2/c1-3-14(18)13-7-5-6-8-15(13)19-11-12-9-16-17(4-2)10-12/h5-10H,3-4,11H2,1-2H3. The Kier molecular flexibility index (Phi) is 4.34. The van der Waals surface area contributed by atoms with Gasteiger partial charge in [-0.25, -0.2) is 0 Å². The zero-order chi connectivity index (χ0) is 13.7. The van der Waals surface area contributed by atoms with Gasteiger partial charge in [0.2, 0.25) is 0 Å². The highest BCUT2D eigenvalue weighted by Crippen LogP contribution is 2.20. The quantitative estimate of drug-likeness (QED) is 0.748. The lowest BCUT2D eigenvalue weighted by molar-refractivity contribution is 0.0983. The van der Waals surface area contributed by atoms with Gasteiger partial charge >= 0.3 is 0 Å². The van der Waals surface area contributed by atoms with Crippen LogP contribution in [0.1, 0.15) is 36.2 Å². The highest BCUT2D eigenvalue weighted by molar-refractivity contribution is 5.98. The SMILES string of the molecule is CCC(=O)c1ccccc1OCc1cnn(CC)c1. The molecule has 19 heavy (non-hydrogen) atoms. The normalized spacial score (nSPS) is 10.4. The molecule has 0 atom stereocenters. The minimum Gasteiger partial charge on any atom is -0.488 e. The minimum atomic E-state index is 0.0971. The van der Waals surface area contributed by atoms with Gasteiger partial charge in [0.25, 0.3) is 0 Å². The summed E-state index contributed by atoms with van der Waals surface area (Å²) in [6.07, 6.45) is 4.21. The topological polar surface area (TPSA) is 44.1 Å². The molecule has 0 unspecified atom stereocenters. The molecule has 0 aliphatic rings. The summed E-state index contributed by atoms with van der Waals surface area (Å²) in [6, 6.07) is 7.35. The van der Waals surface area contributed by atoms with E-state index in [1.165, 1.54) is 0 Å². The van der Waals surface area contributed by atoms with Crippen molar-refractivity contribution in [2.45, 2.75) is 33.4 Å². The van der Waals surface area contributed by atoms with Crippen LogP contribution in [0.5, 0.6) is 5.75 Å². The number of aryl methyl sites for hydroxylation is 1. The van der Waals surface area contributed by atoms with E-state index in [-0.39, 0.29) is 5.78 Å². The maximum atomic E-state index is 11.8. The first kappa shape index (κ1) is 13.3. The summed E-state index contributed by atoms with van der Waals surface area (Å²) in [7, 11) is 0. The van der Waals surface area contributed by atoms with Crippen LogP contribution in [0, 0.1) is 0 Å². The van der Waals surface area contributed by atoms with E-state index in [4.69, 9.17) is 4.74 Å². The monoisotopic (exact) mass is 258 g/mol. The van der Waals surface area contributed by atoms with Crippen LogP contribution in [0.2, 0.25) is 0 Å². The Hall–Kier alpha value is -2.10. The second-order valence-electron chi connectivity index (χ2n) is 4.27. The zero-order valence-corrected chi connectivity index (χ0v) is 11.3. The molecule has 0 aliphatic carbocycles. The second kappa shape index (κ2) is 6.18. The Morgan fingerprint density at radius 2 is 2.11 bits per heavy atom. The molecule has 0 N–H and O–H groups in total. The maximum absolute atomic E-state index is 11.8. The van der Waals surface area contributed by atoms with Crippen LogP contribution in [-0.2, 0) is 13.2 Å². The maximum Gasteiger partial charge on any atom is 0.166 e. The number of hydrogen-bond donors (Lipinski definition) is 0. The molecule has 0 radical (unpaired) electrons. The van der Waals surface area contributed by atoms with E-state index in [2.05, 4.69) is 5.10 Å². The molecule has 0 saturated carbocycles. The van der Waals surface area contributed by atoms with Crippen LogP contribution in [0.3, 0.4) is 0 Å². The van der Waals surface area contributed by atoms with Crippen molar-refractivity contribution in [2.75, 3.05) is 0 Å². The molecule has 4 nitrogen and oxygen atoms in total. The van der Waals surface area contributed by atoms with Crippen molar-refractivity contribution < 1.29 is 9.53 Å². The molecular formula is C15H18N2O2. The fourth-order valence-corrected chi connectivity index (χ4v) is 1.83. The lowest BCUT2D eigenvalue weighted by atomic mass is 10.1. The summed E-state index contributed by atoms with van der Waals surface area (Å²) in [4.78, 5) is 11.8. The lowest BCUT2D eigenvalue weighted by Crippen LogP contribution is -2.03. The molecule has 0 fully saturated rings. The molecule has 1 heterocycles. The predicted octanol–water partition coefficient (Wildman–Crippen LogP) is 3.07. The van der Waals surface area contributed by atoms with Gasteiger partial charge in [0, 0.05) is 24.7 Å². The zero-order valence-electron chi connectivity index (χ0n) is 11.3. The van der Waals surface area contributed by atoms with Gasteiger partial charge in [-0.2, -0.15) is 5.10 Å². The van der Waals surface area contributed by atoms with Crippen molar-refractivity contribution in [3.63, 3.8) is 0 Å². The molecule has 0 spiro atoms. The third kappa shape index (κ3) is 3.22. The molecule has 0 amide bonds. The first-order valence-electron chi connectivity index (χ1n) is 6.51.